The Morgan fingerprint density at radius 1 is 0.929 bits per heavy atom. The van der Waals surface area contributed by atoms with Gasteiger partial charge in [0.1, 0.15) is 6.04 Å². The maximum absolute atomic E-state index is 14.5. The fourth-order valence-electron chi connectivity index (χ4n) is 6.33. The summed E-state index contributed by atoms with van der Waals surface area (Å²) in [4.78, 5) is 46.1. The number of nitrogens with zero attached hydrogens (tertiary/aromatic N) is 2. The molecule has 3 amide bonds. The number of ketones is 1. The standard InChI is InChI=1S/C32H35N3O6S/c1-32(2,3)21-9-6-19(7-10-21)25-26(29(36)24-5-4-16-42-24)27(20-8-11-22-23(17-20)41-18-40-22)35(28(25)30(33)37)31(38)34-12-14-39-15-13-34/h4-11,16-17,25-28H,12-15,18H2,1-3H3,(H2,33,37). The molecule has 0 bridgehead atoms. The Bertz CT molecular complexity index is 1480. The minimum absolute atomic E-state index is 0.0865. The number of benzene rings is 2. The molecule has 4 atom stereocenters. The predicted molar refractivity (Wildman–Crippen MR) is 158 cm³/mol. The zero-order valence-electron chi connectivity index (χ0n) is 23.9. The number of Topliss-reactive ketones (excluding diaryl/α,β-unsaturated/α-hetero) is 1. The zero-order chi connectivity index (χ0) is 29.6. The average molecular weight is 590 g/mol. The van der Waals surface area contributed by atoms with Gasteiger partial charge >= 0.3 is 6.03 Å². The van der Waals surface area contributed by atoms with Crippen LogP contribution >= 0.6 is 11.3 Å². The topological polar surface area (TPSA) is 111 Å². The van der Waals surface area contributed by atoms with Gasteiger partial charge < -0.3 is 29.7 Å². The number of thiophene rings is 1. The summed E-state index contributed by atoms with van der Waals surface area (Å²) >= 11 is 1.34. The van der Waals surface area contributed by atoms with Gasteiger partial charge in [0.2, 0.25) is 12.7 Å². The van der Waals surface area contributed by atoms with Gasteiger partial charge in [0.15, 0.2) is 17.3 Å². The zero-order valence-corrected chi connectivity index (χ0v) is 24.8. The molecule has 2 N–H and O–H groups in total. The minimum Gasteiger partial charge on any atom is -0.454 e. The lowest BCUT2D eigenvalue weighted by Crippen LogP contribution is -2.54. The first-order valence-electron chi connectivity index (χ1n) is 14.2. The van der Waals surface area contributed by atoms with Crippen LogP contribution in [0.3, 0.4) is 0 Å². The molecule has 3 aliphatic rings. The van der Waals surface area contributed by atoms with Gasteiger partial charge in [-0.15, -0.1) is 11.3 Å². The number of primary amides is 1. The molecule has 1 aromatic heterocycles. The van der Waals surface area contributed by atoms with Crippen molar-refractivity contribution >= 4 is 29.1 Å². The maximum atomic E-state index is 14.5. The van der Waals surface area contributed by atoms with Crippen LogP contribution in [0.15, 0.2) is 60.0 Å². The number of likely N-dealkylation sites (tertiary alicyclic amines) is 1. The van der Waals surface area contributed by atoms with Gasteiger partial charge in [0.05, 0.1) is 30.1 Å². The van der Waals surface area contributed by atoms with E-state index in [1.54, 1.807) is 21.9 Å². The van der Waals surface area contributed by atoms with Crippen molar-refractivity contribution in [3.8, 4) is 11.5 Å². The third-order valence-electron chi connectivity index (χ3n) is 8.43. The Kier molecular flexibility index (Phi) is 7.44. The number of ether oxygens (including phenoxy) is 3. The van der Waals surface area contributed by atoms with Crippen molar-refractivity contribution in [2.24, 2.45) is 11.7 Å². The van der Waals surface area contributed by atoms with E-state index < -0.39 is 29.8 Å². The molecule has 2 aromatic carbocycles. The SMILES string of the molecule is CC(C)(C)c1ccc(C2C(C(=O)c3cccs3)C(c3ccc4c(c3)OCO4)N(C(=O)N3CCOCC3)C2C(N)=O)cc1. The number of fused-ring (bicyclic) bond motifs is 1. The van der Waals surface area contributed by atoms with Crippen LogP contribution in [0.25, 0.3) is 0 Å². The van der Waals surface area contributed by atoms with Crippen molar-refractivity contribution < 1.29 is 28.6 Å². The molecule has 2 saturated heterocycles. The lowest BCUT2D eigenvalue weighted by Gasteiger charge is -2.37. The Balaban J connectivity index is 1.55. The van der Waals surface area contributed by atoms with E-state index in [0.717, 1.165) is 11.1 Å². The second-order valence-electron chi connectivity index (χ2n) is 12.0. The highest BCUT2D eigenvalue weighted by Gasteiger charge is 2.58. The quantitative estimate of drug-likeness (QED) is 0.431. The smallest absolute Gasteiger partial charge is 0.321 e. The van der Waals surface area contributed by atoms with Crippen molar-refractivity contribution in [1.29, 1.82) is 0 Å². The first-order valence-corrected chi connectivity index (χ1v) is 15.0. The van der Waals surface area contributed by atoms with Gasteiger partial charge in [-0.1, -0.05) is 57.2 Å². The minimum atomic E-state index is -1.06. The van der Waals surface area contributed by atoms with Gasteiger partial charge in [-0.2, -0.15) is 0 Å². The van der Waals surface area contributed by atoms with Crippen molar-refractivity contribution in [1.82, 2.24) is 9.80 Å². The number of hydrogen-bond acceptors (Lipinski definition) is 7. The molecule has 9 nitrogen and oxygen atoms in total. The Labute approximate surface area is 249 Å². The molecule has 3 aliphatic heterocycles. The van der Waals surface area contributed by atoms with Crippen LogP contribution in [0.1, 0.15) is 59.1 Å². The second kappa shape index (κ2) is 11.1. The van der Waals surface area contributed by atoms with Crippen molar-refractivity contribution in [2.45, 2.75) is 44.2 Å². The average Bonchev–Trinajstić information content (AvgIpc) is 3.75. The summed E-state index contributed by atoms with van der Waals surface area (Å²) in [5.41, 5.74) is 8.66. The summed E-state index contributed by atoms with van der Waals surface area (Å²) in [5.74, 6) is -1.14. The van der Waals surface area contributed by atoms with E-state index in [2.05, 4.69) is 20.8 Å². The van der Waals surface area contributed by atoms with Crippen LogP contribution in [0, 0.1) is 5.92 Å². The Morgan fingerprint density at radius 3 is 2.26 bits per heavy atom. The molecular weight excluding hydrogens is 554 g/mol. The lowest BCUT2D eigenvalue weighted by molar-refractivity contribution is -0.122. The first kappa shape index (κ1) is 28.2. The van der Waals surface area contributed by atoms with Gasteiger partial charge in [0, 0.05) is 19.0 Å². The molecule has 220 valence electrons. The van der Waals surface area contributed by atoms with Crippen molar-refractivity contribution in [3.63, 3.8) is 0 Å². The van der Waals surface area contributed by atoms with Gasteiger partial charge in [-0.05, 0) is 45.7 Å². The molecule has 6 rings (SSSR count). The normalized spacial score (nSPS) is 23.7. The molecule has 0 spiro atoms. The van der Waals surface area contributed by atoms with Crippen LogP contribution < -0.4 is 15.2 Å². The second-order valence-corrected chi connectivity index (χ2v) is 12.9. The molecule has 3 aromatic rings. The number of carbonyl (C=O) groups is 3. The highest BCUT2D eigenvalue weighted by Crippen LogP contribution is 2.53. The molecule has 0 saturated carbocycles. The monoisotopic (exact) mass is 589 g/mol. The summed E-state index contributed by atoms with van der Waals surface area (Å²) < 4.78 is 16.7. The molecule has 10 heteroatoms. The third-order valence-corrected chi connectivity index (χ3v) is 9.31. The number of nitrogens with two attached hydrogens (primary N) is 1. The molecule has 42 heavy (non-hydrogen) atoms. The first-order chi connectivity index (χ1) is 20.1. The Hall–Kier alpha value is -3.89. The highest BCUT2D eigenvalue weighted by atomic mass is 32.1. The molecule has 0 radical (unpaired) electrons. The Morgan fingerprint density at radius 2 is 1.62 bits per heavy atom. The van der Waals surface area contributed by atoms with Gasteiger partial charge in [0.25, 0.3) is 0 Å². The van der Waals surface area contributed by atoms with E-state index in [1.807, 2.05) is 47.8 Å². The summed E-state index contributed by atoms with van der Waals surface area (Å²) in [6, 6.07) is 14.9. The number of rotatable bonds is 5. The maximum Gasteiger partial charge on any atom is 0.321 e. The van der Waals surface area contributed by atoms with E-state index in [9.17, 15) is 14.4 Å². The molecule has 2 fully saturated rings. The third kappa shape index (κ3) is 5.03. The molecule has 4 heterocycles. The molecule has 0 aliphatic carbocycles. The lowest BCUT2D eigenvalue weighted by atomic mass is 9.76. The fourth-order valence-corrected chi connectivity index (χ4v) is 7.04. The van der Waals surface area contributed by atoms with Crippen LogP contribution in [0.2, 0.25) is 0 Å². The fraction of sp³-hybridized carbons (Fsp3) is 0.406. The van der Waals surface area contributed by atoms with E-state index in [0.29, 0.717) is 48.2 Å². The summed E-state index contributed by atoms with van der Waals surface area (Å²) in [6.45, 7) is 8.02. The van der Waals surface area contributed by atoms with E-state index in [4.69, 9.17) is 19.9 Å². The van der Waals surface area contributed by atoms with Gasteiger partial charge in [-0.25, -0.2) is 4.79 Å². The summed E-state index contributed by atoms with van der Waals surface area (Å²) in [6.07, 6.45) is 0. The number of urea groups is 1. The number of morpholine rings is 1. The summed E-state index contributed by atoms with van der Waals surface area (Å²) in [7, 11) is 0. The van der Waals surface area contributed by atoms with Crippen molar-refractivity contribution in [3.05, 3.63) is 81.5 Å². The molecular formula is C32H35N3O6S. The number of carbonyl (C=O) groups excluding carboxylic acids is 3. The van der Waals surface area contributed by atoms with Crippen LogP contribution in [-0.2, 0) is 14.9 Å². The predicted octanol–water partition coefficient (Wildman–Crippen LogP) is 4.72. The highest BCUT2D eigenvalue weighted by molar-refractivity contribution is 7.12. The summed E-state index contributed by atoms with van der Waals surface area (Å²) in [5, 5.41) is 1.85. The van der Waals surface area contributed by atoms with E-state index >= 15 is 0 Å². The number of amides is 3. The largest absolute Gasteiger partial charge is 0.454 e. The van der Waals surface area contributed by atoms with Gasteiger partial charge in [-0.3, -0.25) is 9.59 Å². The van der Waals surface area contributed by atoms with E-state index in [-0.39, 0.29) is 24.0 Å². The van der Waals surface area contributed by atoms with Crippen LogP contribution in [0.4, 0.5) is 4.79 Å². The molecule has 4 unspecified atom stereocenters. The van der Waals surface area contributed by atoms with Crippen LogP contribution in [0.5, 0.6) is 11.5 Å². The number of hydrogen-bond donors (Lipinski definition) is 1. The van der Waals surface area contributed by atoms with Crippen molar-refractivity contribution in [2.75, 3.05) is 33.1 Å². The van der Waals surface area contributed by atoms with Crippen LogP contribution in [-0.4, -0.2) is 66.7 Å². The van der Waals surface area contributed by atoms with E-state index in [1.165, 1.54) is 11.3 Å².